The summed E-state index contributed by atoms with van der Waals surface area (Å²) in [5, 5.41) is 2.68. The Morgan fingerprint density at radius 3 is 2.37 bits per heavy atom. The highest BCUT2D eigenvalue weighted by molar-refractivity contribution is 7.98. The molecule has 2 aromatic rings. The molecule has 7 nitrogen and oxygen atoms in total. The molecular weight excluding hydrogens is 406 g/mol. The van der Waals surface area contributed by atoms with E-state index < -0.39 is 23.9 Å². The van der Waals surface area contributed by atoms with Crippen LogP contribution in [0.2, 0.25) is 0 Å². The molecule has 0 aliphatic heterocycles. The topological polar surface area (TPSA) is 90.9 Å². The monoisotopic (exact) mass is 431 g/mol. The third kappa shape index (κ3) is 7.79. The van der Waals surface area contributed by atoms with Crippen LogP contribution in [0.15, 0.2) is 54.6 Å². The van der Waals surface area contributed by atoms with Crippen molar-refractivity contribution in [2.24, 2.45) is 0 Å². The summed E-state index contributed by atoms with van der Waals surface area (Å²) in [6.07, 6.45) is 2.37. The van der Waals surface area contributed by atoms with Crippen LogP contribution in [0.3, 0.4) is 0 Å². The molecule has 0 saturated carbocycles. The lowest BCUT2D eigenvalue weighted by molar-refractivity contribution is -0.149. The van der Waals surface area contributed by atoms with Crippen LogP contribution in [0, 0.1) is 0 Å². The van der Waals surface area contributed by atoms with Crippen LogP contribution in [0.1, 0.15) is 22.3 Å². The van der Waals surface area contributed by atoms with Gasteiger partial charge in [-0.3, -0.25) is 4.79 Å². The molecular formula is C22H25NO6S. The SMILES string of the molecule is COC(=O)c1ccc(COC(=O)[C@H](CCSC)NC(=O)COc2ccccc2)cc1. The molecule has 1 N–H and O–H groups in total. The van der Waals surface area contributed by atoms with Gasteiger partial charge in [0.2, 0.25) is 0 Å². The number of para-hydroxylation sites is 1. The van der Waals surface area contributed by atoms with E-state index in [-0.39, 0.29) is 13.2 Å². The van der Waals surface area contributed by atoms with E-state index in [1.165, 1.54) is 7.11 Å². The Morgan fingerprint density at radius 1 is 1.03 bits per heavy atom. The molecule has 0 unspecified atom stereocenters. The lowest BCUT2D eigenvalue weighted by Crippen LogP contribution is -2.44. The second-order valence-electron chi connectivity index (χ2n) is 6.30. The maximum Gasteiger partial charge on any atom is 0.337 e. The number of carbonyl (C=O) groups is 3. The zero-order valence-corrected chi connectivity index (χ0v) is 17.8. The zero-order chi connectivity index (χ0) is 21.8. The number of methoxy groups -OCH3 is 1. The molecule has 0 heterocycles. The molecule has 8 heteroatoms. The molecule has 1 atom stereocenters. The van der Waals surface area contributed by atoms with Gasteiger partial charge >= 0.3 is 11.9 Å². The lowest BCUT2D eigenvalue weighted by Gasteiger charge is -2.17. The Labute approximate surface area is 180 Å². The van der Waals surface area contributed by atoms with Crippen molar-refractivity contribution >= 4 is 29.6 Å². The molecule has 0 aliphatic rings. The van der Waals surface area contributed by atoms with E-state index in [1.54, 1.807) is 48.2 Å². The molecule has 0 saturated heterocycles. The Morgan fingerprint density at radius 2 is 1.73 bits per heavy atom. The molecule has 0 radical (unpaired) electrons. The minimum atomic E-state index is -0.765. The van der Waals surface area contributed by atoms with Crippen LogP contribution in [0.25, 0.3) is 0 Å². The Hall–Kier alpha value is -3.00. The van der Waals surface area contributed by atoms with Crippen LogP contribution in [0.5, 0.6) is 5.75 Å². The van der Waals surface area contributed by atoms with Crippen LogP contribution in [0.4, 0.5) is 0 Å². The van der Waals surface area contributed by atoms with Crippen molar-refractivity contribution in [1.29, 1.82) is 0 Å². The quantitative estimate of drug-likeness (QED) is 0.547. The molecule has 0 aromatic heterocycles. The van der Waals surface area contributed by atoms with Crippen molar-refractivity contribution in [3.63, 3.8) is 0 Å². The molecule has 0 aliphatic carbocycles. The molecule has 30 heavy (non-hydrogen) atoms. The summed E-state index contributed by atoms with van der Waals surface area (Å²) < 4.78 is 15.4. The molecule has 0 fully saturated rings. The van der Waals surface area contributed by atoms with Gasteiger partial charge in [0.15, 0.2) is 6.61 Å². The van der Waals surface area contributed by atoms with Gasteiger partial charge in [0.1, 0.15) is 18.4 Å². The minimum absolute atomic E-state index is 0.0342. The van der Waals surface area contributed by atoms with E-state index in [1.807, 2.05) is 24.5 Å². The van der Waals surface area contributed by atoms with E-state index in [0.717, 1.165) is 5.56 Å². The maximum absolute atomic E-state index is 12.5. The number of thioether (sulfide) groups is 1. The van der Waals surface area contributed by atoms with Gasteiger partial charge in [-0.1, -0.05) is 30.3 Å². The van der Waals surface area contributed by atoms with Gasteiger partial charge in [-0.25, -0.2) is 9.59 Å². The van der Waals surface area contributed by atoms with Gasteiger partial charge in [-0.15, -0.1) is 0 Å². The molecule has 1 amide bonds. The van der Waals surface area contributed by atoms with Gasteiger partial charge in [-0.2, -0.15) is 11.8 Å². The first-order chi connectivity index (χ1) is 14.5. The van der Waals surface area contributed by atoms with Crippen molar-refractivity contribution in [2.45, 2.75) is 19.1 Å². The van der Waals surface area contributed by atoms with Crippen molar-refractivity contribution in [1.82, 2.24) is 5.32 Å². The first-order valence-electron chi connectivity index (χ1n) is 9.33. The first kappa shape index (κ1) is 23.3. The highest BCUT2D eigenvalue weighted by Crippen LogP contribution is 2.10. The number of ether oxygens (including phenoxy) is 3. The van der Waals surface area contributed by atoms with Crippen LogP contribution in [-0.2, 0) is 25.7 Å². The number of nitrogens with one attached hydrogen (secondary N) is 1. The number of hydrogen-bond donors (Lipinski definition) is 1. The van der Waals surface area contributed by atoms with Crippen LogP contribution >= 0.6 is 11.8 Å². The summed E-state index contributed by atoms with van der Waals surface area (Å²) in [5.41, 5.74) is 1.13. The normalized spacial score (nSPS) is 11.3. The summed E-state index contributed by atoms with van der Waals surface area (Å²) in [4.78, 5) is 36.2. The maximum atomic E-state index is 12.5. The lowest BCUT2D eigenvalue weighted by atomic mass is 10.1. The van der Waals surface area contributed by atoms with Crippen LogP contribution in [-0.4, -0.2) is 49.6 Å². The molecule has 0 spiro atoms. The zero-order valence-electron chi connectivity index (χ0n) is 17.0. The Bertz CT molecular complexity index is 825. The molecule has 0 bridgehead atoms. The fraction of sp³-hybridized carbons (Fsp3) is 0.318. The summed E-state index contributed by atoms with van der Waals surface area (Å²) in [6, 6.07) is 14.8. The largest absolute Gasteiger partial charge is 0.484 e. The van der Waals surface area contributed by atoms with E-state index >= 15 is 0 Å². The van der Waals surface area contributed by atoms with Gasteiger partial charge in [0.05, 0.1) is 12.7 Å². The number of carbonyl (C=O) groups excluding carboxylic acids is 3. The predicted octanol–water partition coefficient (Wildman–Crippen LogP) is 2.83. The fourth-order valence-electron chi connectivity index (χ4n) is 2.50. The molecule has 2 aromatic carbocycles. The van der Waals surface area contributed by atoms with E-state index in [2.05, 4.69) is 10.1 Å². The average Bonchev–Trinajstić information content (AvgIpc) is 2.79. The standard InChI is InChI=1S/C22H25NO6S/c1-27-21(25)17-10-8-16(9-11-17)14-29-22(26)19(12-13-30-2)23-20(24)15-28-18-6-4-3-5-7-18/h3-11,19H,12-15H2,1-2H3,(H,23,24)/t19-/m0/s1. The number of hydrogen-bond acceptors (Lipinski definition) is 7. The van der Waals surface area contributed by atoms with Gasteiger partial charge in [0, 0.05) is 0 Å². The van der Waals surface area contributed by atoms with Crippen molar-refractivity contribution in [3.8, 4) is 5.75 Å². The molecule has 160 valence electrons. The van der Waals surface area contributed by atoms with Crippen molar-refractivity contribution in [3.05, 3.63) is 65.7 Å². The first-order valence-corrected chi connectivity index (χ1v) is 10.7. The second-order valence-corrected chi connectivity index (χ2v) is 7.29. The smallest absolute Gasteiger partial charge is 0.337 e. The number of esters is 2. The third-order valence-electron chi connectivity index (χ3n) is 4.10. The summed E-state index contributed by atoms with van der Waals surface area (Å²) >= 11 is 1.57. The summed E-state index contributed by atoms with van der Waals surface area (Å²) in [5.74, 6) is -0.0890. The number of benzene rings is 2. The number of amides is 1. The molecule has 2 rings (SSSR count). The van der Waals surface area contributed by atoms with Gasteiger partial charge in [-0.05, 0) is 48.3 Å². The van der Waals surface area contributed by atoms with E-state index in [9.17, 15) is 14.4 Å². The van der Waals surface area contributed by atoms with Gasteiger partial charge in [0.25, 0.3) is 5.91 Å². The highest BCUT2D eigenvalue weighted by atomic mass is 32.2. The second kappa shape index (κ2) is 12.5. The summed E-state index contributed by atoms with van der Waals surface area (Å²) in [7, 11) is 1.31. The highest BCUT2D eigenvalue weighted by Gasteiger charge is 2.22. The Balaban J connectivity index is 1.87. The fourth-order valence-corrected chi connectivity index (χ4v) is 2.97. The average molecular weight is 432 g/mol. The summed E-state index contributed by atoms with van der Waals surface area (Å²) in [6.45, 7) is -0.158. The van der Waals surface area contributed by atoms with Crippen LogP contribution < -0.4 is 10.1 Å². The predicted molar refractivity (Wildman–Crippen MR) is 114 cm³/mol. The van der Waals surface area contributed by atoms with Crippen molar-refractivity contribution < 1.29 is 28.6 Å². The Kier molecular flexibility index (Phi) is 9.73. The van der Waals surface area contributed by atoms with Gasteiger partial charge < -0.3 is 19.5 Å². The van der Waals surface area contributed by atoms with Crippen molar-refractivity contribution in [2.75, 3.05) is 25.7 Å². The number of rotatable bonds is 11. The third-order valence-corrected chi connectivity index (χ3v) is 4.74. The minimum Gasteiger partial charge on any atom is -0.484 e. The van der Waals surface area contributed by atoms with E-state index in [0.29, 0.717) is 23.5 Å². The van der Waals surface area contributed by atoms with E-state index in [4.69, 9.17) is 9.47 Å².